The fourth-order valence-electron chi connectivity index (χ4n) is 4.65. The van der Waals surface area contributed by atoms with Crippen LogP contribution in [-0.4, -0.2) is 50.8 Å². The van der Waals surface area contributed by atoms with Crippen molar-refractivity contribution in [3.05, 3.63) is 35.5 Å². The molecule has 2 aromatic rings. The van der Waals surface area contributed by atoms with Crippen molar-refractivity contribution in [3.8, 4) is 0 Å². The Kier molecular flexibility index (Phi) is 3.33. The summed E-state index contributed by atoms with van der Waals surface area (Å²) in [5.41, 5.74) is 3.73. The first kappa shape index (κ1) is 14.4. The molecule has 5 heterocycles. The van der Waals surface area contributed by atoms with Crippen molar-refractivity contribution in [2.24, 2.45) is 11.8 Å². The first-order valence-electron chi connectivity index (χ1n) is 9.06. The van der Waals surface area contributed by atoms with E-state index in [4.69, 9.17) is 5.10 Å². The van der Waals surface area contributed by atoms with Gasteiger partial charge in [-0.3, -0.25) is 9.58 Å². The summed E-state index contributed by atoms with van der Waals surface area (Å²) in [6.07, 6.45) is 4.14. The summed E-state index contributed by atoms with van der Waals surface area (Å²) in [5.74, 6) is 2.61. The van der Waals surface area contributed by atoms with Gasteiger partial charge in [0.25, 0.3) is 0 Å². The van der Waals surface area contributed by atoms with Gasteiger partial charge in [-0.1, -0.05) is 0 Å². The molecule has 126 valence electrons. The molecule has 2 saturated heterocycles. The molecule has 0 saturated carbocycles. The summed E-state index contributed by atoms with van der Waals surface area (Å²) in [7, 11) is 0. The number of hydrogen-bond donors (Lipinski definition) is 0. The number of aryl methyl sites for hydroxylation is 3. The molecule has 2 aromatic heterocycles. The van der Waals surface area contributed by atoms with E-state index >= 15 is 0 Å². The van der Waals surface area contributed by atoms with Crippen LogP contribution in [0.4, 0.5) is 5.82 Å². The minimum atomic E-state index is 0.759. The second kappa shape index (κ2) is 5.55. The highest BCUT2D eigenvalue weighted by molar-refractivity contribution is 5.40. The van der Waals surface area contributed by atoms with Crippen molar-refractivity contribution < 1.29 is 0 Å². The SMILES string of the molecule is Cc1cc(N2CC3CN(Cc4cc5n(n4)CCC5)CC3C2)ncn1. The number of hydrogen-bond acceptors (Lipinski definition) is 5. The Hall–Kier alpha value is -1.95. The van der Waals surface area contributed by atoms with Gasteiger partial charge in [0.2, 0.25) is 0 Å². The zero-order valence-corrected chi connectivity index (χ0v) is 14.2. The zero-order valence-electron chi connectivity index (χ0n) is 14.2. The Labute approximate surface area is 142 Å². The number of fused-ring (bicyclic) bond motifs is 2. The molecular weight excluding hydrogens is 300 g/mol. The van der Waals surface area contributed by atoms with Crippen LogP contribution in [0.25, 0.3) is 0 Å². The third-order valence-corrected chi connectivity index (χ3v) is 5.78. The predicted octanol–water partition coefficient (Wildman–Crippen LogP) is 1.50. The summed E-state index contributed by atoms with van der Waals surface area (Å²) >= 11 is 0. The topological polar surface area (TPSA) is 50.1 Å². The number of nitrogens with zero attached hydrogens (tertiary/aromatic N) is 6. The molecule has 0 N–H and O–H groups in total. The van der Waals surface area contributed by atoms with Gasteiger partial charge in [-0.2, -0.15) is 5.10 Å². The third kappa shape index (κ3) is 2.49. The number of anilines is 1. The molecule has 0 aliphatic carbocycles. The molecule has 24 heavy (non-hydrogen) atoms. The maximum Gasteiger partial charge on any atom is 0.132 e. The molecule has 3 aliphatic heterocycles. The fourth-order valence-corrected chi connectivity index (χ4v) is 4.65. The van der Waals surface area contributed by atoms with Crippen molar-refractivity contribution in [1.29, 1.82) is 0 Å². The molecule has 0 radical (unpaired) electrons. The molecule has 6 nitrogen and oxygen atoms in total. The molecule has 0 amide bonds. The lowest BCUT2D eigenvalue weighted by Crippen LogP contribution is -2.29. The van der Waals surface area contributed by atoms with Crippen LogP contribution < -0.4 is 4.90 Å². The smallest absolute Gasteiger partial charge is 0.132 e. The molecule has 2 fully saturated rings. The lowest BCUT2D eigenvalue weighted by Gasteiger charge is -2.21. The highest BCUT2D eigenvalue weighted by Crippen LogP contribution is 2.34. The lowest BCUT2D eigenvalue weighted by atomic mass is 10.0. The summed E-state index contributed by atoms with van der Waals surface area (Å²) in [6.45, 7) is 8.77. The maximum absolute atomic E-state index is 4.77. The number of likely N-dealkylation sites (tertiary alicyclic amines) is 1. The van der Waals surface area contributed by atoms with E-state index in [1.165, 1.54) is 37.3 Å². The van der Waals surface area contributed by atoms with Gasteiger partial charge >= 0.3 is 0 Å². The minimum absolute atomic E-state index is 0.759. The van der Waals surface area contributed by atoms with Gasteiger partial charge in [0, 0.05) is 56.7 Å². The van der Waals surface area contributed by atoms with Crippen molar-refractivity contribution >= 4 is 5.82 Å². The van der Waals surface area contributed by atoms with Crippen molar-refractivity contribution in [2.75, 3.05) is 31.1 Å². The summed E-state index contributed by atoms with van der Waals surface area (Å²) in [6, 6.07) is 4.42. The van der Waals surface area contributed by atoms with Crippen LogP contribution in [0.5, 0.6) is 0 Å². The average Bonchev–Trinajstić information content (AvgIpc) is 3.26. The van der Waals surface area contributed by atoms with E-state index in [1.54, 1.807) is 6.33 Å². The summed E-state index contributed by atoms with van der Waals surface area (Å²) in [5, 5.41) is 4.77. The Morgan fingerprint density at radius 1 is 1.08 bits per heavy atom. The predicted molar refractivity (Wildman–Crippen MR) is 91.8 cm³/mol. The van der Waals surface area contributed by atoms with E-state index in [-0.39, 0.29) is 0 Å². The van der Waals surface area contributed by atoms with Crippen LogP contribution in [-0.2, 0) is 19.5 Å². The number of aromatic nitrogens is 4. The second-order valence-electron chi connectivity index (χ2n) is 7.59. The van der Waals surface area contributed by atoms with Gasteiger partial charge < -0.3 is 4.90 Å². The van der Waals surface area contributed by atoms with E-state index in [0.717, 1.165) is 49.5 Å². The first-order valence-corrected chi connectivity index (χ1v) is 9.06. The molecule has 5 rings (SSSR count). The van der Waals surface area contributed by atoms with Crippen LogP contribution in [0, 0.1) is 18.8 Å². The second-order valence-corrected chi connectivity index (χ2v) is 7.59. The quantitative estimate of drug-likeness (QED) is 0.856. The molecule has 0 aromatic carbocycles. The van der Waals surface area contributed by atoms with Crippen LogP contribution in [0.15, 0.2) is 18.5 Å². The van der Waals surface area contributed by atoms with Gasteiger partial charge in [-0.25, -0.2) is 9.97 Å². The van der Waals surface area contributed by atoms with E-state index < -0.39 is 0 Å². The van der Waals surface area contributed by atoms with Gasteiger partial charge in [0.15, 0.2) is 0 Å². The van der Waals surface area contributed by atoms with E-state index in [0.29, 0.717) is 0 Å². The monoisotopic (exact) mass is 324 g/mol. The largest absolute Gasteiger partial charge is 0.356 e. The average molecular weight is 324 g/mol. The first-order chi connectivity index (χ1) is 11.7. The van der Waals surface area contributed by atoms with Gasteiger partial charge in [-0.15, -0.1) is 0 Å². The van der Waals surface area contributed by atoms with E-state index in [2.05, 4.69) is 36.6 Å². The molecule has 3 aliphatic rings. The Morgan fingerprint density at radius 2 is 1.92 bits per heavy atom. The minimum Gasteiger partial charge on any atom is -0.356 e. The fraction of sp³-hybridized carbons (Fsp3) is 0.611. The Balaban J connectivity index is 1.22. The highest BCUT2D eigenvalue weighted by Gasteiger charge is 2.40. The molecule has 0 spiro atoms. The lowest BCUT2D eigenvalue weighted by molar-refractivity contribution is 0.303. The van der Waals surface area contributed by atoms with Crippen molar-refractivity contribution in [1.82, 2.24) is 24.6 Å². The Morgan fingerprint density at radius 3 is 2.67 bits per heavy atom. The van der Waals surface area contributed by atoms with Gasteiger partial charge in [0.05, 0.1) is 5.69 Å². The summed E-state index contributed by atoms with van der Waals surface area (Å²) < 4.78 is 2.20. The van der Waals surface area contributed by atoms with Gasteiger partial charge in [0.1, 0.15) is 12.1 Å². The van der Waals surface area contributed by atoms with Crippen LogP contribution in [0.1, 0.15) is 23.5 Å². The molecule has 0 bridgehead atoms. The Bertz CT molecular complexity index is 718. The van der Waals surface area contributed by atoms with Crippen molar-refractivity contribution in [3.63, 3.8) is 0 Å². The zero-order chi connectivity index (χ0) is 16.1. The molecule has 2 unspecified atom stereocenters. The standard InChI is InChI=1S/C18H24N6/c1-13-5-18(20-12-19-13)23-9-14-7-22(8-15(14)10-23)11-16-6-17-3-2-4-24(17)21-16/h5-6,12,14-15H,2-4,7-11H2,1H3. The molecular formula is C18H24N6. The van der Waals surface area contributed by atoms with Crippen LogP contribution in [0.3, 0.4) is 0 Å². The summed E-state index contributed by atoms with van der Waals surface area (Å²) in [4.78, 5) is 13.7. The molecule has 6 heteroatoms. The normalized spacial score (nSPS) is 26.1. The molecule has 2 atom stereocenters. The van der Waals surface area contributed by atoms with Crippen molar-refractivity contribution in [2.45, 2.75) is 32.9 Å². The van der Waals surface area contributed by atoms with Crippen LogP contribution >= 0.6 is 0 Å². The van der Waals surface area contributed by atoms with Crippen LogP contribution in [0.2, 0.25) is 0 Å². The van der Waals surface area contributed by atoms with E-state index in [9.17, 15) is 0 Å². The van der Waals surface area contributed by atoms with Gasteiger partial charge in [-0.05, 0) is 37.7 Å². The third-order valence-electron chi connectivity index (χ3n) is 5.78. The van der Waals surface area contributed by atoms with E-state index in [1.807, 2.05) is 6.92 Å². The maximum atomic E-state index is 4.77. The number of rotatable bonds is 3. The highest BCUT2D eigenvalue weighted by atomic mass is 15.3.